The minimum Gasteiger partial charge on any atom is -0.458 e. The van der Waals surface area contributed by atoms with Crippen molar-refractivity contribution < 1.29 is 9.53 Å². The lowest BCUT2D eigenvalue weighted by molar-refractivity contribution is 0.0550. The van der Waals surface area contributed by atoms with Gasteiger partial charge in [0.2, 0.25) is 0 Å². The van der Waals surface area contributed by atoms with Crippen LogP contribution in [0.2, 0.25) is 0 Å². The van der Waals surface area contributed by atoms with E-state index in [0.717, 1.165) is 5.56 Å². The van der Waals surface area contributed by atoms with Crippen molar-refractivity contribution in [2.24, 2.45) is 0 Å². The molecule has 0 unspecified atom stereocenters. The standard InChI is InChI=1S/C16H15NO2/c17-15-11-5-4-7-13(15)10-6-12-19-16(18)14-8-2-1-3-9-14/h1-11H,12,17H2. The summed E-state index contributed by atoms with van der Waals surface area (Å²) in [7, 11) is 0. The first-order valence-corrected chi connectivity index (χ1v) is 6.00. The average Bonchev–Trinajstić information content (AvgIpc) is 2.46. The summed E-state index contributed by atoms with van der Waals surface area (Å²) in [6.45, 7) is 0.224. The van der Waals surface area contributed by atoms with Crippen LogP contribution in [0.4, 0.5) is 5.69 Å². The molecular formula is C16H15NO2. The van der Waals surface area contributed by atoms with Crippen LogP contribution in [0.5, 0.6) is 0 Å². The highest BCUT2D eigenvalue weighted by molar-refractivity contribution is 5.89. The van der Waals surface area contributed by atoms with Crippen LogP contribution < -0.4 is 5.73 Å². The second-order valence-electron chi connectivity index (χ2n) is 4.00. The van der Waals surface area contributed by atoms with Crippen molar-refractivity contribution >= 4 is 17.7 Å². The van der Waals surface area contributed by atoms with Crippen LogP contribution >= 0.6 is 0 Å². The Morgan fingerprint density at radius 1 is 1.05 bits per heavy atom. The first-order chi connectivity index (χ1) is 9.27. The van der Waals surface area contributed by atoms with Crippen molar-refractivity contribution in [2.45, 2.75) is 0 Å². The number of para-hydroxylation sites is 1. The molecule has 0 bridgehead atoms. The number of anilines is 1. The number of nitrogen functional groups attached to an aromatic ring is 1. The largest absolute Gasteiger partial charge is 0.458 e. The fourth-order valence-electron chi connectivity index (χ4n) is 1.62. The molecule has 0 amide bonds. The van der Waals surface area contributed by atoms with Gasteiger partial charge in [0.25, 0.3) is 0 Å². The SMILES string of the molecule is Nc1ccccc1C=CCOC(=O)c1ccccc1. The number of ether oxygens (including phenoxy) is 1. The van der Waals surface area contributed by atoms with Crippen molar-refractivity contribution in [3.63, 3.8) is 0 Å². The number of rotatable bonds is 4. The molecule has 0 saturated heterocycles. The predicted octanol–water partition coefficient (Wildman–Crippen LogP) is 3.14. The van der Waals surface area contributed by atoms with Gasteiger partial charge in [0.1, 0.15) is 6.61 Å². The molecule has 2 aromatic rings. The smallest absolute Gasteiger partial charge is 0.338 e. The van der Waals surface area contributed by atoms with Gasteiger partial charge in [0.05, 0.1) is 5.56 Å². The zero-order valence-electron chi connectivity index (χ0n) is 10.5. The average molecular weight is 253 g/mol. The Morgan fingerprint density at radius 3 is 2.47 bits per heavy atom. The van der Waals surface area contributed by atoms with Gasteiger partial charge in [-0.2, -0.15) is 0 Å². The van der Waals surface area contributed by atoms with E-state index >= 15 is 0 Å². The summed E-state index contributed by atoms with van der Waals surface area (Å²) in [5, 5.41) is 0. The molecule has 3 nitrogen and oxygen atoms in total. The van der Waals surface area contributed by atoms with E-state index in [1.54, 1.807) is 30.3 Å². The van der Waals surface area contributed by atoms with Crippen LogP contribution in [0.25, 0.3) is 6.08 Å². The highest BCUT2D eigenvalue weighted by Gasteiger charge is 2.03. The molecule has 0 spiro atoms. The van der Waals surface area contributed by atoms with E-state index in [9.17, 15) is 4.79 Å². The van der Waals surface area contributed by atoms with E-state index in [1.165, 1.54) is 0 Å². The van der Waals surface area contributed by atoms with Crippen LogP contribution in [0.1, 0.15) is 15.9 Å². The Kier molecular flexibility index (Phi) is 4.34. The van der Waals surface area contributed by atoms with E-state index in [2.05, 4.69) is 0 Å². The van der Waals surface area contributed by atoms with Crippen molar-refractivity contribution in [3.8, 4) is 0 Å². The Balaban J connectivity index is 1.87. The maximum Gasteiger partial charge on any atom is 0.338 e. The molecule has 2 N–H and O–H groups in total. The Labute approximate surface area is 112 Å². The van der Waals surface area contributed by atoms with Crippen molar-refractivity contribution in [2.75, 3.05) is 12.3 Å². The van der Waals surface area contributed by atoms with E-state index in [4.69, 9.17) is 10.5 Å². The molecule has 3 heteroatoms. The highest BCUT2D eigenvalue weighted by Crippen LogP contribution is 2.12. The number of benzene rings is 2. The maximum atomic E-state index is 11.6. The second kappa shape index (κ2) is 6.40. The van der Waals surface area contributed by atoms with Crippen LogP contribution in [0.3, 0.4) is 0 Å². The summed E-state index contributed by atoms with van der Waals surface area (Å²) < 4.78 is 5.12. The molecule has 0 aliphatic rings. The molecule has 0 saturated carbocycles. The van der Waals surface area contributed by atoms with Gasteiger partial charge in [-0.05, 0) is 29.8 Å². The van der Waals surface area contributed by atoms with Crippen molar-refractivity contribution in [1.82, 2.24) is 0 Å². The number of carbonyl (C=O) groups is 1. The second-order valence-corrected chi connectivity index (χ2v) is 4.00. The van der Waals surface area contributed by atoms with Gasteiger partial charge in [-0.3, -0.25) is 0 Å². The van der Waals surface area contributed by atoms with E-state index < -0.39 is 0 Å². The molecular weight excluding hydrogens is 238 g/mol. The molecule has 0 aliphatic heterocycles. The quantitative estimate of drug-likeness (QED) is 0.672. The first-order valence-electron chi connectivity index (χ1n) is 6.00. The molecule has 0 radical (unpaired) electrons. The monoisotopic (exact) mass is 253 g/mol. The number of hydrogen-bond acceptors (Lipinski definition) is 3. The van der Waals surface area contributed by atoms with Gasteiger partial charge in [-0.15, -0.1) is 0 Å². The van der Waals surface area contributed by atoms with Gasteiger partial charge in [0, 0.05) is 5.69 Å². The molecule has 2 rings (SSSR count). The van der Waals surface area contributed by atoms with Gasteiger partial charge in [-0.1, -0.05) is 42.5 Å². The first kappa shape index (κ1) is 12.9. The lowest BCUT2D eigenvalue weighted by Gasteiger charge is -2.02. The lowest BCUT2D eigenvalue weighted by Crippen LogP contribution is -2.04. The van der Waals surface area contributed by atoms with Crippen LogP contribution in [0, 0.1) is 0 Å². The summed E-state index contributed by atoms with van der Waals surface area (Å²) in [5.41, 5.74) is 7.96. The molecule has 0 atom stereocenters. The summed E-state index contributed by atoms with van der Waals surface area (Å²) >= 11 is 0. The summed E-state index contributed by atoms with van der Waals surface area (Å²) in [6.07, 6.45) is 3.61. The third-order valence-electron chi connectivity index (χ3n) is 2.61. The van der Waals surface area contributed by atoms with Crippen molar-refractivity contribution in [1.29, 1.82) is 0 Å². The number of nitrogens with two attached hydrogens (primary N) is 1. The zero-order chi connectivity index (χ0) is 13.5. The predicted molar refractivity (Wildman–Crippen MR) is 76.6 cm³/mol. The topological polar surface area (TPSA) is 52.3 Å². The minimum absolute atomic E-state index is 0.224. The molecule has 96 valence electrons. The van der Waals surface area contributed by atoms with Crippen LogP contribution in [-0.4, -0.2) is 12.6 Å². The summed E-state index contributed by atoms with van der Waals surface area (Å²) in [6, 6.07) is 16.4. The highest BCUT2D eigenvalue weighted by atomic mass is 16.5. The van der Waals surface area contributed by atoms with Gasteiger partial charge < -0.3 is 10.5 Å². The molecule has 0 aromatic heterocycles. The normalized spacial score (nSPS) is 10.5. The molecule has 0 heterocycles. The minimum atomic E-state index is -0.328. The third kappa shape index (κ3) is 3.71. The Bertz CT molecular complexity index is 576. The lowest BCUT2D eigenvalue weighted by atomic mass is 10.2. The number of carbonyl (C=O) groups excluding carboxylic acids is 1. The fraction of sp³-hybridized carbons (Fsp3) is 0.0625. The van der Waals surface area contributed by atoms with Crippen molar-refractivity contribution in [3.05, 3.63) is 71.8 Å². The van der Waals surface area contributed by atoms with Crippen LogP contribution in [0.15, 0.2) is 60.7 Å². The zero-order valence-corrected chi connectivity index (χ0v) is 10.5. The fourth-order valence-corrected chi connectivity index (χ4v) is 1.62. The number of esters is 1. The van der Waals surface area contributed by atoms with E-state index in [-0.39, 0.29) is 12.6 Å². The Hall–Kier alpha value is -2.55. The summed E-state index contributed by atoms with van der Waals surface area (Å²) in [5.74, 6) is -0.328. The summed E-state index contributed by atoms with van der Waals surface area (Å²) in [4.78, 5) is 11.6. The van der Waals surface area contributed by atoms with E-state index in [1.807, 2.05) is 36.4 Å². The van der Waals surface area contributed by atoms with E-state index in [0.29, 0.717) is 11.3 Å². The molecule has 2 aromatic carbocycles. The molecule has 19 heavy (non-hydrogen) atoms. The van der Waals surface area contributed by atoms with Gasteiger partial charge >= 0.3 is 5.97 Å². The maximum absolute atomic E-state index is 11.6. The number of hydrogen-bond donors (Lipinski definition) is 1. The van der Waals surface area contributed by atoms with Gasteiger partial charge in [-0.25, -0.2) is 4.79 Å². The Morgan fingerprint density at radius 2 is 1.74 bits per heavy atom. The van der Waals surface area contributed by atoms with Crippen LogP contribution in [-0.2, 0) is 4.74 Å². The molecule has 0 fully saturated rings. The van der Waals surface area contributed by atoms with Gasteiger partial charge in [0.15, 0.2) is 0 Å². The third-order valence-corrected chi connectivity index (χ3v) is 2.61. The molecule has 0 aliphatic carbocycles.